The van der Waals surface area contributed by atoms with Crippen LogP contribution in [0.3, 0.4) is 0 Å². The van der Waals surface area contributed by atoms with Gasteiger partial charge in [-0.25, -0.2) is 0 Å². The average molecular weight is 883 g/mol. The molecule has 12 aromatic carbocycles. The van der Waals surface area contributed by atoms with Crippen molar-refractivity contribution in [1.82, 2.24) is 4.57 Å². The average Bonchev–Trinajstić information content (AvgIpc) is 4.00. The Kier molecular flexibility index (Phi) is 7.99. The summed E-state index contributed by atoms with van der Waals surface area (Å²) in [4.78, 5) is 1.90. The lowest BCUT2D eigenvalue weighted by molar-refractivity contribution is 0.672. The van der Waals surface area contributed by atoms with E-state index in [0.717, 1.165) is 93.2 Å². The van der Waals surface area contributed by atoms with Crippen molar-refractivity contribution in [2.45, 2.75) is 0 Å². The largest absolute Gasteiger partial charge is 0.455 e. The van der Waals surface area contributed by atoms with E-state index in [0.29, 0.717) is 16.9 Å². The van der Waals surface area contributed by atoms with Gasteiger partial charge in [0.1, 0.15) is 11.2 Å². The van der Waals surface area contributed by atoms with Crippen molar-refractivity contribution in [3.63, 3.8) is 0 Å². The summed E-state index contributed by atoms with van der Waals surface area (Å²) >= 11 is 0. The zero-order valence-electron chi connectivity index (χ0n) is 41.2. The van der Waals surface area contributed by atoms with Gasteiger partial charge in [-0.15, -0.1) is 0 Å². The number of hydrogen-bond donors (Lipinski definition) is 0. The fourth-order valence-corrected chi connectivity index (χ4v) is 10.6. The molecule has 2 heterocycles. The Labute approximate surface area is 404 Å². The molecule has 3 nitrogen and oxygen atoms in total. The molecule has 69 heavy (non-hydrogen) atoms. The third kappa shape index (κ3) is 6.36. The van der Waals surface area contributed by atoms with Crippen molar-refractivity contribution in [1.29, 1.82) is 0 Å². The van der Waals surface area contributed by atoms with Gasteiger partial charge < -0.3 is 13.9 Å². The zero-order valence-corrected chi connectivity index (χ0v) is 37.2. The molecule has 14 rings (SSSR count). The van der Waals surface area contributed by atoms with E-state index in [9.17, 15) is 5.48 Å². The van der Waals surface area contributed by atoms with Gasteiger partial charge in [0.2, 0.25) is 0 Å². The minimum atomic E-state index is -0.145. The summed E-state index contributed by atoms with van der Waals surface area (Å²) in [5.74, 6) is 0. The number of fused-ring (bicyclic) bond motifs is 11. The maximum Gasteiger partial charge on any atom is 0.143 e. The Morgan fingerprint density at radius 3 is 1.70 bits per heavy atom. The van der Waals surface area contributed by atoms with Crippen LogP contribution >= 0.6 is 0 Å². The Bertz CT molecular complexity index is 4490. The van der Waals surface area contributed by atoms with Crippen LogP contribution in [0.2, 0.25) is 0 Å². The number of benzene rings is 12. The van der Waals surface area contributed by atoms with Crippen LogP contribution in [-0.2, 0) is 0 Å². The van der Waals surface area contributed by atoms with Crippen LogP contribution in [0, 0.1) is 0 Å². The van der Waals surface area contributed by atoms with Crippen LogP contribution in [0.4, 0.5) is 17.1 Å². The van der Waals surface area contributed by atoms with Gasteiger partial charge in [0.15, 0.2) is 0 Å². The van der Waals surface area contributed by atoms with Crippen LogP contribution in [-0.4, -0.2) is 4.57 Å². The molecule has 0 amide bonds. The molecule has 0 N–H and O–H groups in total. The van der Waals surface area contributed by atoms with E-state index in [1.54, 1.807) is 0 Å². The fraction of sp³-hybridized carbons (Fsp3) is 0. The molecule has 0 spiro atoms. The van der Waals surface area contributed by atoms with E-state index in [2.05, 4.69) is 156 Å². The highest BCUT2D eigenvalue weighted by Gasteiger charge is 2.21. The molecule has 3 heteroatoms. The van der Waals surface area contributed by atoms with Gasteiger partial charge in [-0.3, -0.25) is 0 Å². The lowest BCUT2D eigenvalue weighted by atomic mass is 9.97. The van der Waals surface area contributed by atoms with E-state index >= 15 is 0 Å². The monoisotopic (exact) mass is 882 g/mol. The maximum absolute atomic E-state index is 9.91. The Hall–Kier alpha value is -9.18. The van der Waals surface area contributed by atoms with E-state index in [1.807, 2.05) is 83.8 Å². The zero-order chi connectivity index (χ0) is 48.9. The summed E-state index contributed by atoms with van der Waals surface area (Å²) in [6.45, 7) is 0. The summed E-state index contributed by atoms with van der Waals surface area (Å²) < 4.78 is 48.1. The highest BCUT2D eigenvalue weighted by Crippen LogP contribution is 2.45. The van der Waals surface area contributed by atoms with Crippen LogP contribution in [0.25, 0.3) is 115 Å². The quantitative estimate of drug-likeness (QED) is 0.149. The molecule has 0 fully saturated rings. The predicted molar refractivity (Wildman–Crippen MR) is 292 cm³/mol. The maximum atomic E-state index is 9.91. The number of nitrogens with zero attached hydrogens (tertiary/aromatic N) is 2. The second-order valence-electron chi connectivity index (χ2n) is 17.7. The van der Waals surface area contributed by atoms with Gasteiger partial charge >= 0.3 is 0 Å². The van der Waals surface area contributed by atoms with Gasteiger partial charge in [-0.05, 0) is 122 Å². The lowest BCUT2D eigenvalue weighted by Crippen LogP contribution is -2.11. The number of para-hydroxylation sites is 4. The van der Waals surface area contributed by atoms with Crippen molar-refractivity contribution in [2.75, 3.05) is 4.90 Å². The predicted octanol–water partition coefficient (Wildman–Crippen LogP) is 18.6. The van der Waals surface area contributed by atoms with Crippen LogP contribution in [0.1, 0.15) is 5.48 Å². The Balaban J connectivity index is 0.953. The summed E-state index contributed by atoms with van der Waals surface area (Å²) in [5.41, 5.74) is 11.1. The molecule has 0 aliphatic rings. The molecular weight excluding hydrogens is 837 g/mol. The molecule has 0 aliphatic heterocycles. The molecule has 2 aromatic heterocycles. The summed E-state index contributed by atoms with van der Waals surface area (Å²) in [6.07, 6.45) is 0. The van der Waals surface area contributed by atoms with Gasteiger partial charge in [0.05, 0.1) is 27.9 Å². The van der Waals surface area contributed by atoms with Crippen LogP contribution in [0.15, 0.2) is 259 Å². The topological polar surface area (TPSA) is 21.3 Å². The van der Waals surface area contributed by atoms with E-state index in [-0.39, 0.29) is 35.4 Å². The highest BCUT2D eigenvalue weighted by molar-refractivity contribution is 6.16. The number of rotatable bonds is 7. The third-order valence-corrected chi connectivity index (χ3v) is 13.8. The first-order valence-electron chi connectivity index (χ1n) is 25.3. The number of aromatic nitrogens is 1. The van der Waals surface area contributed by atoms with Gasteiger partial charge in [-0.2, -0.15) is 0 Å². The summed E-state index contributed by atoms with van der Waals surface area (Å²) in [5, 5.41) is 10.8. The first-order chi connectivity index (χ1) is 35.9. The fourth-order valence-electron chi connectivity index (χ4n) is 10.6. The Morgan fingerprint density at radius 2 is 0.913 bits per heavy atom. The van der Waals surface area contributed by atoms with Crippen molar-refractivity contribution in [2.24, 2.45) is 0 Å². The molecule has 0 saturated heterocycles. The van der Waals surface area contributed by atoms with Crippen molar-refractivity contribution < 1.29 is 9.90 Å². The van der Waals surface area contributed by atoms with Crippen molar-refractivity contribution in [3.05, 3.63) is 255 Å². The standard InChI is InChI=1S/C66H42N2O/c1-3-15-52-44(13-1)25-26-48-41-47(32-38-53(48)52)43-27-34-50(35-28-43)67(61-21-9-6-17-55(61)49-33-40-65-60(42-49)59-39-31-45-14-2-4-18-56(45)66(59)69-65)51-36-29-46(30-37-51)54-16-5-10-22-62(54)68-63-23-11-7-19-57(63)58-20-8-12-24-64(58)68/h1-42H/i27D,28D,34D,35D. The normalized spacial score (nSPS) is 12.6. The van der Waals surface area contributed by atoms with E-state index in [1.165, 1.54) is 10.8 Å². The number of furan rings is 1. The molecule has 322 valence electrons. The lowest BCUT2D eigenvalue weighted by Gasteiger charge is -2.28. The van der Waals surface area contributed by atoms with Crippen molar-refractivity contribution in [3.8, 4) is 39.1 Å². The molecule has 0 bridgehead atoms. The molecule has 0 atom stereocenters. The molecule has 0 radical (unpaired) electrons. The smallest absolute Gasteiger partial charge is 0.143 e. The van der Waals surface area contributed by atoms with Gasteiger partial charge in [-0.1, -0.05) is 182 Å². The second-order valence-corrected chi connectivity index (χ2v) is 17.7. The number of anilines is 3. The molecular formula is C66H42N2O. The first-order valence-corrected chi connectivity index (χ1v) is 23.3. The Morgan fingerprint density at radius 1 is 0.348 bits per heavy atom. The molecule has 14 aromatic rings. The third-order valence-electron chi connectivity index (χ3n) is 13.8. The molecule has 0 aliphatic carbocycles. The van der Waals surface area contributed by atoms with Gasteiger partial charge in [0.25, 0.3) is 0 Å². The first kappa shape index (κ1) is 35.1. The van der Waals surface area contributed by atoms with E-state index in [4.69, 9.17) is 4.42 Å². The summed E-state index contributed by atoms with van der Waals surface area (Å²) in [6, 6.07) is 78.3. The second kappa shape index (κ2) is 15.7. The van der Waals surface area contributed by atoms with Crippen molar-refractivity contribution >= 4 is 93.1 Å². The molecule has 0 saturated carbocycles. The summed E-state index contributed by atoms with van der Waals surface area (Å²) in [7, 11) is 0. The highest BCUT2D eigenvalue weighted by atomic mass is 16.3. The minimum absolute atomic E-state index is 0.117. The minimum Gasteiger partial charge on any atom is -0.455 e. The van der Waals surface area contributed by atoms with Crippen LogP contribution in [0.5, 0.6) is 0 Å². The van der Waals surface area contributed by atoms with Gasteiger partial charge in [0, 0.05) is 49.4 Å². The molecule has 0 unspecified atom stereocenters. The van der Waals surface area contributed by atoms with Crippen LogP contribution < -0.4 is 4.90 Å². The SMILES string of the molecule is [2H]c1c([2H])c(N(c2ccc(-c3ccccc3-n3c4ccccc4c4ccccc43)cc2)c2ccccc2-c2ccc3oc4c5ccccc5ccc4c3c2)c([2H])c([2H])c1-c1ccc2c(ccc3ccccc32)c1. The number of hydrogen-bond acceptors (Lipinski definition) is 2. The van der Waals surface area contributed by atoms with E-state index < -0.39 is 0 Å².